The summed E-state index contributed by atoms with van der Waals surface area (Å²) in [6.07, 6.45) is -0.555. The molecule has 0 saturated carbocycles. The van der Waals surface area contributed by atoms with Crippen molar-refractivity contribution in [2.45, 2.75) is 18.0 Å². The fourth-order valence-corrected chi connectivity index (χ4v) is 3.76. The Morgan fingerprint density at radius 3 is 2.37 bits per heavy atom. The highest BCUT2D eigenvalue weighted by atomic mass is 16.5. The third kappa shape index (κ3) is 2.97. The van der Waals surface area contributed by atoms with Crippen LogP contribution in [0.2, 0.25) is 0 Å². The van der Waals surface area contributed by atoms with Crippen molar-refractivity contribution in [3.8, 4) is 0 Å². The Kier molecular flexibility index (Phi) is 3.29. The van der Waals surface area contributed by atoms with Gasteiger partial charge in [-0.3, -0.25) is 4.79 Å². The number of carbonyl (C=O) groups is 2. The lowest BCUT2D eigenvalue weighted by molar-refractivity contribution is -0.145. The maximum atomic E-state index is 13.8. The Bertz CT molecular complexity index is 1130. The first-order chi connectivity index (χ1) is 15.2. The molecule has 0 aliphatic carbocycles. The van der Waals surface area contributed by atoms with Gasteiger partial charge < -0.3 is 9.64 Å². The summed E-state index contributed by atoms with van der Waals surface area (Å²) < 4.78 is 47.6. The number of benzene rings is 2. The SMILES string of the molecule is [2H]C1=C([2H])N2C(C(=O)OC)C(c3ccccc3)C(C(=O)c3ccccc3)C2([2H])C([2H])=C1[2H]. The van der Waals surface area contributed by atoms with Crippen LogP contribution in [-0.4, -0.2) is 35.8 Å². The molecular formula is C23H21NO3. The van der Waals surface area contributed by atoms with E-state index >= 15 is 0 Å². The minimum absolute atomic E-state index is 0.294. The van der Waals surface area contributed by atoms with Crippen molar-refractivity contribution >= 4 is 11.8 Å². The van der Waals surface area contributed by atoms with Gasteiger partial charge in [-0.1, -0.05) is 72.8 Å². The quantitative estimate of drug-likeness (QED) is 0.615. The van der Waals surface area contributed by atoms with E-state index in [2.05, 4.69) is 0 Å². The van der Waals surface area contributed by atoms with Gasteiger partial charge in [-0.15, -0.1) is 0 Å². The second kappa shape index (κ2) is 7.23. The van der Waals surface area contributed by atoms with Gasteiger partial charge in [0.2, 0.25) is 0 Å². The van der Waals surface area contributed by atoms with E-state index in [-0.39, 0.29) is 0 Å². The molecule has 2 aromatic rings. The van der Waals surface area contributed by atoms with E-state index < -0.39 is 60.0 Å². The number of fused-ring (bicyclic) bond motifs is 1. The molecule has 2 aliphatic heterocycles. The number of rotatable bonds is 4. The number of ketones is 1. The number of nitrogens with zero attached hydrogens (tertiary/aromatic N) is 1. The lowest BCUT2D eigenvalue weighted by atomic mass is 9.77. The van der Waals surface area contributed by atoms with Crippen molar-refractivity contribution in [3.05, 3.63) is 96.1 Å². The summed E-state index contributed by atoms with van der Waals surface area (Å²) in [5.74, 6) is -3.49. The number of hydrogen-bond donors (Lipinski definition) is 0. The van der Waals surface area contributed by atoms with Crippen LogP contribution in [0, 0.1) is 5.92 Å². The number of carbonyl (C=O) groups excluding carboxylic acids is 2. The third-order valence-electron chi connectivity index (χ3n) is 4.93. The molecule has 4 rings (SSSR count). The molecule has 4 nitrogen and oxygen atoms in total. The van der Waals surface area contributed by atoms with Crippen molar-refractivity contribution in [2.75, 3.05) is 7.11 Å². The van der Waals surface area contributed by atoms with Gasteiger partial charge in [0, 0.05) is 17.7 Å². The lowest BCUT2D eigenvalue weighted by Crippen LogP contribution is -2.39. The fourth-order valence-electron chi connectivity index (χ4n) is 3.76. The molecule has 1 fully saturated rings. The molecule has 4 heteroatoms. The van der Waals surface area contributed by atoms with E-state index in [1.807, 2.05) is 0 Å². The third-order valence-corrected chi connectivity index (χ3v) is 4.93. The second-order valence-corrected chi connectivity index (χ2v) is 6.35. The predicted molar refractivity (Wildman–Crippen MR) is 103 cm³/mol. The van der Waals surface area contributed by atoms with Gasteiger partial charge in [-0.25, -0.2) is 4.79 Å². The minimum atomic E-state index is -2.23. The number of allylic oxidation sites excluding steroid dienone is 2. The minimum Gasteiger partial charge on any atom is -0.467 e. The zero-order valence-corrected chi connectivity index (χ0v) is 14.7. The monoisotopic (exact) mass is 364 g/mol. The first kappa shape index (κ1) is 12.3. The summed E-state index contributed by atoms with van der Waals surface area (Å²) in [6.45, 7) is 0. The molecule has 4 unspecified atom stereocenters. The molecule has 0 spiro atoms. The molecule has 0 aromatic heterocycles. The standard InChI is InChI=1S/C23H21NO3/c1-27-23(26)21-19(16-10-4-2-5-11-16)20(18-14-8-9-15-24(18)21)22(25)17-12-6-3-7-13-17/h2-15,18-21H,1H3/i8D,9D,14D,15D,18D. The topological polar surface area (TPSA) is 46.6 Å². The molecule has 136 valence electrons. The van der Waals surface area contributed by atoms with E-state index in [0.717, 1.165) is 4.90 Å². The summed E-state index contributed by atoms with van der Waals surface area (Å²) in [7, 11) is 1.18. The van der Waals surface area contributed by atoms with Crippen molar-refractivity contribution in [2.24, 2.45) is 5.92 Å². The highest BCUT2D eigenvalue weighted by Gasteiger charge is 2.54. The first-order valence-corrected chi connectivity index (χ1v) is 8.62. The molecule has 2 aromatic carbocycles. The molecule has 4 atom stereocenters. The fraction of sp³-hybridized carbons (Fsp3) is 0.217. The number of Topliss-reactive ketones (excluding diaryl/α,β-unsaturated/α-hetero) is 1. The Hall–Kier alpha value is -3.14. The number of ether oxygens (including phenoxy) is 1. The van der Waals surface area contributed by atoms with Crippen LogP contribution in [0.25, 0.3) is 0 Å². The van der Waals surface area contributed by atoms with E-state index in [1.165, 1.54) is 7.11 Å². The summed E-state index contributed by atoms with van der Waals surface area (Å²) in [4.78, 5) is 27.8. The maximum Gasteiger partial charge on any atom is 0.329 e. The highest BCUT2D eigenvalue weighted by Crippen LogP contribution is 2.46. The Balaban J connectivity index is 2.04. The molecular weight excluding hydrogens is 338 g/mol. The molecule has 2 heterocycles. The summed E-state index contributed by atoms with van der Waals surface area (Å²) in [5.41, 5.74) is 0.860. The van der Waals surface area contributed by atoms with Gasteiger partial charge in [0.15, 0.2) is 5.78 Å². The van der Waals surface area contributed by atoms with Gasteiger partial charge in [0.25, 0.3) is 0 Å². The molecule has 0 radical (unpaired) electrons. The zero-order valence-electron chi connectivity index (χ0n) is 19.7. The maximum absolute atomic E-state index is 13.8. The van der Waals surface area contributed by atoms with Crippen LogP contribution in [0.15, 0.2) is 85.0 Å². The van der Waals surface area contributed by atoms with Gasteiger partial charge in [0.1, 0.15) is 6.04 Å². The van der Waals surface area contributed by atoms with Crippen LogP contribution < -0.4 is 0 Å². The second-order valence-electron chi connectivity index (χ2n) is 6.35. The highest BCUT2D eigenvalue weighted by molar-refractivity contribution is 6.00. The van der Waals surface area contributed by atoms with E-state index in [4.69, 9.17) is 10.2 Å². The average molecular weight is 364 g/mol. The van der Waals surface area contributed by atoms with E-state index in [0.29, 0.717) is 11.1 Å². The zero-order chi connectivity index (χ0) is 23.2. The van der Waals surface area contributed by atoms with Gasteiger partial charge in [-0.05, 0) is 11.6 Å². The van der Waals surface area contributed by atoms with Crippen LogP contribution in [0.3, 0.4) is 0 Å². The van der Waals surface area contributed by atoms with Crippen LogP contribution in [0.5, 0.6) is 0 Å². The number of methoxy groups -OCH3 is 1. The van der Waals surface area contributed by atoms with Crippen LogP contribution >= 0.6 is 0 Å². The summed E-state index contributed by atoms with van der Waals surface area (Å²) in [6, 6.07) is 11.7. The largest absolute Gasteiger partial charge is 0.467 e. The number of esters is 1. The van der Waals surface area contributed by atoms with Crippen molar-refractivity contribution in [3.63, 3.8) is 0 Å². The summed E-state index contributed by atoms with van der Waals surface area (Å²) in [5, 5.41) is 0. The average Bonchev–Trinajstić information content (AvgIpc) is 3.11. The normalized spacial score (nSPS) is 32.7. The molecule has 2 aliphatic rings. The number of hydrogen-bond acceptors (Lipinski definition) is 4. The lowest BCUT2D eigenvalue weighted by Gasteiger charge is -2.28. The van der Waals surface area contributed by atoms with Gasteiger partial charge in [-0.2, -0.15) is 0 Å². The molecule has 0 N–H and O–H groups in total. The van der Waals surface area contributed by atoms with Crippen LogP contribution in [0.1, 0.15) is 28.7 Å². The molecule has 0 amide bonds. The Morgan fingerprint density at radius 1 is 1.04 bits per heavy atom. The van der Waals surface area contributed by atoms with E-state index in [1.54, 1.807) is 60.7 Å². The Labute approximate surface area is 165 Å². The van der Waals surface area contributed by atoms with Crippen LogP contribution in [-0.2, 0) is 9.53 Å². The Morgan fingerprint density at radius 2 is 1.70 bits per heavy atom. The van der Waals surface area contributed by atoms with Crippen molar-refractivity contribution in [1.29, 1.82) is 0 Å². The van der Waals surface area contributed by atoms with Gasteiger partial charge in [0.05, 0.1) is 25.9 Å². The predicted octanol–water partition coefficient (Wildman–Crippen LogP) is 3.58. The molecule has 1 saturated heterocycles. The van der Waals surface area contributed by atoms with Crippen LogP contribution in [0.4, 0.5) is 0 Å². The molecule has 0 bridgehead atoms. The van der Waals surface area contributed by atoms with Crippen molar-refractivity contribution < 1.29 is 21.2 Å². The smallest absolute Gasteiger partial charge is 0.329 e. The summed E-state index contributed by atoms with van der Waals surface area (Å²) >= 11 is 0. The first-order valence-electron chi connectivity index (χ1n) is 11.1. The van der Waals surface area contributed by atoms with Gasteiger partial charge >= 0.3 is 5.97 Å². The van der Waals surface area contributed by atoms with E-state index in [9.17, 15) is 11.0 Å². The van der Waals surface area contributed by atoms with Crippen molar-refractivity contribution in [1.82, 2.24) is 4.90 Å². The molecule has 27 heavy (non-hydrogen) atoms.